The number of ether oxygens (including phenoxy) is 1. The van der Waals surface area contributed by atoms with Crippen molar-refractivity contribution in [3.63, 3.8) is 0 Å². The van der Waals surface area contributed by atoms with Gasteiger partial charge in [-0.15, -0.1) is 0 Å². The Morgan fingerprint density at radius 1 is 1.13 bits per heavy atom. The molecule has 0 aliphatic carbocycles. The third-order valence-electron chi connectivity index (χ3n) is 2.42. The van der Waals surface area contributed by atoms with Gasteiger partial charge in [-0.2, -0.15) is 0 Å². The Morgan fingerprint density at radius 2 is 1.80 bits per heavy atom. The van der Waals surface area contributed by atoms with Gasteiger partial charge in [0.1, 0.15) is 0 Å². The van der Waals surface area contributed by atoms with Crippen molar-refractivity contribution in [3.8, 4) is 0 Å². The molecule has 0 aliphatic rings. The van der Waals surface area contributed by atoms with E-state index in [0.29, 0.717) is 5.56 Å². The number of methoxy groups -OCH3 is 1. The summed E-state index contributed by atoms with van der Waals surface area (Å²) in [6.07, 6.45) is 0. The van der Waals surface area contributed by atoms with E-state index in [9.17, 15) is 4.79 Å². The Balaban J connectivity index is 2.77. The lowest BCUT2D eigenvalue weighted by Gasteiger charge is -2.06. The molecule has 0 aliphatic heterocycles. The van der Waals surface area contributed by atoms with E-state index in [1.54, 1.807) is 6.07 Å². The van der Waals surface area contributed by atoms with Crippen molar-refractivity contribution in [2.24, 2.45) is 0 Å². The molecule has 0 heterocycles. The highest BCUT2D eigenvalue weighted by Gasteiger charge is 2.09. The zero-order valence-corrected chi connectivity index (χ0v) is 8.49. The van der Waals surface area contributed by atoms with Gasteiger partial charge >= 0.3 is 5.97 Å². The van der Waals surface area contributed by atoms with Gasteiger partial charge in [-0.25, -0.2) is 4.79 Å². The van der Waals surface area contributed by atoms with Gasteiger partial charge in [-0.3, -0.25) is 0 Å². The number of benzene rings is 2. The largest absolute Gasteiger partial charge is 0.465 e. The zero-order chi connectivity index (χ0) is 10.8. The van der Waals surface area contributed by atoms with Gasteiger partial charge in [0.05, 0.1) is 12.7 Å². The Hall–Kier alpha value is -1.83. The highest BCUT2D eigenvalue weighted by atomic mass is 16.5. The van der Waals surface area contributed by atoms with Crippen LogP contribution < -0.4 is 0 Å². The first kappa shape index (κ1) is 9.71. The quantitative estimate of drug-likeness (QED) is 0.660. The average Bonchev–Trinajstić information content (AvgIpc) is 2.28. The van der Waals surface area contributed by atoms with E-state index < -0.39 is 0 Å². The van der Waals surface area contributed by atoms with Gasteiger partial charge in [0.15, 0.2) is 0 Å². The first-order valence-electron chi connectivity index (χ1n) is 4.66. The minimum absolute atomic E-state index is 0.314. The second kappa shape index (κ2) is 3.73. The van der Waals surface area contributed by atoms with Crippen LogP contribution in [0.15, 0.2) is 36.4 Å². The summed E-state index contributed by atoms with van der Waals surface area (Å²) in [5, 5.41) is 1.87. The molecule has 2 aromatic carbocycles. The molecule has 2 aromatic rings. The molecule has 75 valence electrons. The highest BCUT2D eigenvalue weighted by molar-refractivity contribution is 6.05. The minimum atomic E-state index is -0.314. The third kappa shape index (κ3) is 1.59. The molecule has 2 heteroatoms. The van der Waals surface area contributed by atoms with Crippen molar-refractivity contribution in [2.45, 2.75) is 0 Å². The predicted molar refractivity (Wildman–Crippen MR) is 59.7 cm³/mol. The van der Waals surface area contributed by atoms with E-state index in [-0.39, 0.29) is 5.97 Å². The maximum atomic E-state index is 11.5. The molecule has 2 nitrogen and oxygen atoms in total. The Kier molecular flexibility index (Phi) is 2.42. The molecule has 0 bridgehead atoms. The fraction of sp³-hybridized carbons (Fsp3) is 0.0769. The fourth-order valence-corrected chi connectivity index (χ4v) is 1.66. The standard InChI is InChI=1S/C13H11O2/c1-9-5-3-7-11-10(9)6-4-8-12(11)13(14)15-2/h3-8H,1H2,2H3. The van der Waals surface area contributed by atoms with Gasteiger partial charge in [-0.05, 0) is 29.3 Å². The van der Waals surface area contributed by atoms with Crippen molar-refractivity contribution in [1.82, 2.24) is 0 Å². The molecule has 0 unspecified atom stereocenters. The van der Waals surface area contributed by atoms with E-state index in [2.05, 4.69) is 6.92 Å². The molecule has 0 amide bonds. The fourth-order valence-electron chi connectivity index (χ4n) is 1.66. The van der Waals surface area contributed by atoms with E-state index in [4.69, 9.17) is 4.74 Å². The van der Waals surface area contributed by atoms with Gasteiger partial charge < -0.3 is 4.74 Å². The summed E-state index contributed by atoms with van der Waals surface area (Å²) in [4.78, 5) is 11.5. The number of esters is 1. The number of carbonyl (C=O) groups is 1. The molecule has 15 heavy (non-hydrogen) atoms. The lowest BCUT2D eigenvalue weighted by Crippen LogP contribution is -2.01. The van der Waals surface area contributed by atoms with E-state index >= 15 is 0 Å². The Morgan fingerprint density at radius 3 is 2.53 bits per heavy atom. The summed E-state index contributed by atoms with van der Waals surface area (Å²) in [6.45, 7) is 3.92. The van der Waals surface area contributed by atoms with Crippen LogP contribution in [0, 0.1) is 6.92 Å². The maximum Gasteiger partial charge on any atom is 0.338 e. The van der Waals surface area contributed by atoms with Crippen molar-refractivity contribution in [1.29, 1.82) is 0 Å². The molecule has 0 saturated heterocycles. The molecular formula is C13H11O2. The summed E-state index contributed by atoms with van der Waals surface area (Å²) < 4.78 is 4.72. The topological polar surface area (TPSA) is 26.3 Å². The first-order valence-corrected chi connectivity index (χ1v) is 4.66. The molecule has 0 spiro atoms. The van der Waals surface area contributed by atoms with Crippen LogP contribution in [-0.2, 0) is 4.74 Å². The minimum Gasteiger partial charge on any atom is -0.465 e. The summed E-state index contributed by atoms with van der Waals surface area (Å²) >= 11 is 0. The summed E-state index contributed by atoms with van der Waals surface area (Å²) in [5.74, 6) is -0.314. The van der Waals surface area contributed by atoms with Crippen LogP contribution in [0.3, 0.4) is 0 Å². The summed E-state index contributed by atoms with van der Waals surface area (Å²) in [7, 11) is 1.38. The van der Waals surface area contributed by atoms with Crippen LogP contribution in [0.1, 0.15) is 15.9 Å². The van der Waals surface area contributed by atoms with Crippen molar-refractivity contribution < 1.29 is 9.53 Å². The van der Waals surface area contributed by atoms with Gasteiger partial charge in [-0.1, -0.05) is 30.3 Å². The number of fused-ring (bicyclic) bond motifs is 1. The lowest BCUT2D eigenvalue weighted by molar-refractivity contribution is 0.0603. The summed E-state index contributed by atoms with van der Waals surface area (Å²) in [5.41, 5.74) is 1.50. The molecular weight excluding hydrogens is 188 g/mol. The number of hydrogen-bond acceptors (Lipinski definition) is 2. The summed E-state index contributed by atoms with van der Waals surface area (Å²) in [6, 6.07) is 11.2. The van der Waals surface area contributed by atoms with Crippen LogP contribution in [0.4, 0.5) is 0 Å². The van der Waals surface area contributed by atoms with Crippen molar-refractivity contribution in [3.05, 3.63) is 54.4 Å². The first-order chi connectivity index (χ1) is 7.24. The van der Waals surface area contributed by atoms with E-state index in [0.717, 1.165) is 16.3 Å². The number of carbonyl (C=O) groups excluding carboxylic acids is 1. The molecule has 0 atom stereocenters. The SMILES string of the molecule is [CH2]c1cccc2c(C(=O)OC)cccc12. The van der Waals surface area contributed by atoms with Crippen LogP contribution in [-0.4, -0.2) is 13.1 Å². The maximum absolute atomic E-state index is 11.5. The smallest absolute Gasteiger partial charge is 0.338 e. The average molecular weight is 199 g/mol. The van der Waals surface area contributed by atoms with Crippen LogP contribution in [0.5, 0.6) is 0 Å². The number of hydrogen-bond donors (Lipinski definition) is 0. The molecule has 0 saturated carbocycles. The monoisotopic (exact) mass is 199 g/mol. The van der Waals surface area contributed by atoms with Gasteiger partial charge in [0, 0.05) is 0 Å². The number of rotatable bonds is 1. The molecule has 0 N–H and O–H groups in total. The lowest BCUT2D eigenvalue weighted by atomic mass is 10.0. The van der Waals surface area contributed by atoms with Gasteiger partial charge in [0.25, 0.3) is 0 Å². The molecule has 0 fully saturated rings. The highest BCUT2D eigenvalue weighted by Crippen LogP contribution is 2.22. The van der Waals surface area contributed by atoms with Crippen molar-refractivity contribution in [2.75, 3.05) is 7.11 Å². The van der Waals surface area contributed by atoms with E-state index in [1.807, 2.05) is 30.3 Å². The second-order valence-electron chi connectivity index (χ2n) is 3.31. The zero-order valence-electron chi connectivity index (χ0n) is 8.49. The van der Waals surface area contributed by atoms with Crippen LogP contribution in [0.2, 0.25) is 0 Å². The molecule has 0 aromatic heterocycles. The second-order valence-corrected chi connectivity index (χ2v) is 3.31. The van der Waals surface area contributed by atoms with Crippen LogP contribution >= 0.6 is 0 Å². The normalized spacial score (nSPS) is 10.3. The Labute approximate surface area is 88.5 Å². The van der Waals surface area contributed by atoms with E-state index in [1.165, 1.54) is 7.11 Å². The predicted octanol–water partition coefficient (Wildman–Crippen LogP) is 2.81. The molecule has 1 radical (unpaired) electrons. The van der Waals surface area contributed by atoms with Gasteiger partial charge in [0.2, 0.25) is 0 Å². The Bertz CT molecular complexity index is 515. The third-order valence-corrected chi connectivity index (χ3v) is 2.42. The van der Waals surface area contributed by atoms with Crippen molar-refractivity contribution >= 4 is 16.7 Å². The van der Waals surface area contributed by atoms with Crippen LogP contribution in [0.25, 0.3) is 10.8 Å². The molecule has 2 rings (SSSR count).